The molecule has 2 aromatic heterocycles. The largest absolute Gasteiger partial charge is 0.418 e. The Labute approximate surface area is 204 Å². The number of amides is 1. The molecule has 1 amide bonds. The Hall–Kier alpha value is -3.46. The number of pyridine rings is 2. The summed E-state index contributed by atoms with van der Waals surface area (Å²) in [7, 11) is 0. The minimum Gasteiger partial charge on any atom is -0.354 e. The molecule has 10 heteroatoms. The van der Waals surface area contributed by atoms with E-state index in [-0.39, 0.29) is 35.4 Å². The molecule has 0 atom stereocenters. The lowest BCUT2D eigenvalue weighted by Crippen LogP contribution is -2.33. The van der Waals surface area contributed by atoms with E-state index in [1.807, 2.05) is 6.92 Å². The summed E-state index contributed by atoms with van der Waals surface area (Å²) >= 11 is 5.71. The van der Waals surface area contributed by atoms with E-state index < -0.39 is 17.2 Å². The molecule has 1 aliphatic carbocycles. The van der Waals surface area contributed by atoms with Gasteiger partial charge in [-0.05, 0) is 62.2 Å². The third-order valence-corrected chi connectivity index (χ3v) is 6.12. The molecule has 0 unspecified atom stereocenters. The van der Waals surface area contributed by atoms with Gasteiger partial charge in [-0.15, -0.1) is 0 Å². The van der Waals surface area contributed by atoms with Crippen LogP contribution in [0, 0.1) is 12.3 Å². The predicted octanol–water partition coefficient (Wildman–Crippen LogP) is 5.87. The van der Waals surface area contributed by atoms with Crippen LogP contribution in [0.1, 0.15) is 46.6 Å². The van der Waals surface area contributed by atoms with Gasteiger partial charge >= 0.3 is 6.18 Å². The molecule has 1 fully saturated rings. The van der Waals surface area contributed by atoms with E-state index in [1.165, 1.54) is 24.5 Å². The number of halogens is 4. The van der Waals surface area contributed by atoms with Crippen molar-refractivity contribution in [3.05, 3.63) is 82.4 Å². The van der Waals surface area contributed by atoms with E-state index in [0.29, 0.717) is 29.8 Å². The van der Waals surface area contributed by atoms with Gasteiger partial charge in [0.05, 0.1) is 40.8 Å². The van der Waals surface area contributed by atoms with Gasteiger partial charge in [-0.25, -0.2) is 0 Å². The SMILES string of the molecule is Cc1ccc(C(=O)CC2(C(=O)NCc3ccc(Nc4ccc(Cl)cc4C(F)(F)F)cn3)CC2)cn1. The third-order valence-electron chi connectivity index (χ3n) is 5.89. The Balaban J connectivity index is 1.34. The standard InChI is InChI=1S/C25H22ClF3N4O2/c1-15-2-3-16(12-30-15)22(34)11-24(8-9-24)23(35)32-13-18-5-6-19(14-31-18)33-21-7-4-17(26)10-20(21)25(27,28)29/h2-7,10,12,14,33H,8-9,11,13H2,1H3,(H,32,35). The van der Waals surface area contributed by atoms with Gasteiger partial charge < -0.3 is 10.6 Å². The molecule has 1 aromatic carbocycles. The number of alkyl halides is 3. The normalized spacial score (nSPS) is 14.3. The Morgan fingerprint density at radius 2 is 1.83 bits per heavy atom. The van der Waals surface area contributed by atoms with Crippen LogP contribution >= 0.6 is 11.6 Å². The van der Waals surface area contributed by atoms with Crippen LogP contribution in [-0.2, 0) is 17.5 Å². The Morgan fingerprint density at radius 1 is 1.06 bits per heavy atom. The molecule has 1 aliphatic rings. The van der Waals surface area contributed by atoms with E-state index in [0.717, 1.165) is 11.8 Å². The van der Waals surface area contributed by atoms with Gasteiger partial charge in [0.15, 0.2) is 5.78 Å². The topological polar surface area (TPSA) is 84.0 Å². The third kappa shape index (κ3) is 5.97. The van der Waals surface area contributed by atoms with Crippen LogP contribution in [-0.4, -0.2) is 21.7 Å². The highest BCUT2D eigenvalue weighted by molar-refractivity contribution is 6.30. The molecule has 0 radical (unpaired) electrons. The number of benzene rings is 1. The average Bonchev–Trinajstić information content (AvgIpc) is 3.60. The van der Waals surface area contributed by atoms with E-state index in [1.54, 1.807) is 24.3 Å². The molecule has 0 aliphatic heterocycles. The maximum atomic E-state index is 13.3. The van der Waals surface area contributed by atoms with Crippen molar-refractivity contribution in [2.45, 2.75) is 38.9 Å². The molecule has 182 valence electrons. The summed E-state index contributed by atoms with van der Waals surface area (Å²) in [5.41, 5.74) is 0.425. The lowest BCUT2D eigenvalue weighted by molar-refractivity contribution is -0.137. The fourth-order valence-corrected chi connectivity index (χ4v) is 3.83. The quantitative estimate of drug-likeness (QED) is 0.376. The summed E-state index contributed by atoms with van der Waals surface area (Å²) in [6.07, 6.45) is -0.293. The molecule has 0 spiro atoms. The number of carbonyl (C=O) groups excluding carboxylic acids is 2. The van der Waals surface area contributed by atoms with Crippen molar-refractivity contribution in [1.82, 2.24) is 15.3 Å². The molecule has 0 bridgehead atoms. The fraction of sp³-hybridized carbons (Fsp3) is 0.280. The Bertz CT molecular complexity index is 1240. The van der Waals surface area contributed by atoms with Crippen LogP contribution in [0.3, 0.4) is 0 Å². The highest BCUT2D eigenvalue weighted by Gasteiger charge is 2.51. The number of nitrogens with one attached hydrogen (secondary N) is 2. The van der Waals surface area contributed by atoms with Gasteiger partial charge in [0.2, 0.25) is 5.91 Å². The number of anilines is 2. The molecule has 35 heavy (non-hydrogen) atoms. The van der Waals surface area contributed by atoms with Gasteiger partial charge in [0.1, 0.15) is 0 Å². The number of hydrogen-bond donors (Lipinski definition) is 2. The minimum absolute atomic E-state index is 0.0160. The summed E-state index contributed by atoms with van der Waals surface area (Å²) < 4.78 is 39.9. The summed E-state index contributed by atoms with van der Waals surface area (Å²) in [5, 5.41) is 5.51. The zero-order valence-corrected chi connectivity index (χ0v) is 19.5. The van der Waals surface area contributed by atoms with Gasteiger partial charge in [0, 0.05) is 28.9 Å². The molecule has 2 N–H and O–H groups in total. The summed E-state index contributed by atoms with van der Waals surface area (Å²) in [5.74, 6) is -0.343. The van der Waals surface area contributed by atoms with Crippen molar-refractivity contribution in [2.75, 3.05) is 5.32 Å². The number of ketones is 1. The lowest BCUT2D eigenvalue weighted by Gasteiger charge is -2.16. The molecular weight excluding hydrogens is 481 g/mol. The molecule has 4 rings (SSSR count). The molecule has 0 saturated heterocycles. The van der Waals surface area contributed by atoms with Crippen LogP contribution in [0.5, 0.6) is 0 Å². The summed E-state index contributed by atoms with van der Waals surface area (Å²) in [6, 6.07) is 10.1. The van der Waals surface area contributed by atoms with Crippen LogP contribution in [0.4, 0.5) is 24.5 Å². The van der Waals surface area contributed by atoms with Crippen molar-refractivity contribution in [3.63, 3.8) is 0 Å². The number of nitrogens with zero attached hydrogens (tertiary/aromatic N) is 2. The van der Waals surface area contributed by atoms with E-state index in [4.69, 9.17) is 11.6 Å². The molecular formula is C25H22ClF3N4O2. The number of Topliss-reactive ketones (excluding diaryl/α,β-unsaturated/α-hetero) is 1. The van der Waals surface area contributed by atoms with E-state index in [2.05, 4.69) is 20.6 Å². The van der Waals surface area contributed by atoms with Gasteiger partial charge in [-0.1, -0.05) is 11.6 Å². The van der Waals surface area contributed by atoms with E-state index >= 15 is 0 Å². The predicted molar refractivity (Wildman–Crippen MR) is 125 cm³/mol. The van der Waals surface area contributed by atoms with Crippen LogP contribution in [0.15, 0.2) is 54.9 Å². The first-order valence-corrected chi connectivity index (χ1v) is 11.3. The Morgan fingerprint density at radius 3 is 2.43 bits per heavy atom. The van der Waals surface area contributed by atoms with Crippen LogP contribution in [0.2, 0.25) is 5.02 Å². The van der Waals surface area contributed by atoms with Crippen molar-refractivity contribution < 1.29 is 22.8 Å². The van der Waals surface area contributed by atoms with Gasteiger partial charge in [-0.2, -0.15) is 13.2 Å². The second kappa shape index (κ2) is 9.65. The van der Waals surface area contributed by atoms with Crippen LogP contribution < -0.4 is 10.6 Å². The Kier molecular flexibility index (Phi) is 6.80. The first kappa shape index (κ1) is 24.7. The zero-order chi connectivity index (χ0) is 25.2. The van der Waals surface area contributed by atoms with E-state index in [9.17, 15) is 22.8 Å². The highest BCUT2D eigenvalue weighted by Crippen LogP contribution is 2.49. The minimum atomic E-state index is -4.57. The van der Waals surface area contributed by atoms with Crippen molar-refractivity contribution in [1.29, 1.82) is 0 Å². The molecule has 3 aromatic rings. The number of aromatic nitrogens is 2. The first-order chi connectivity index (χ1) is 16.6. The van der Waals surface area contributed by atoms with Crippen molar-refractivity contribution in [2.24, 2.45) is 5.41 Å². The van der Waals surface area contributed by atoms with Gasteiger partial charge in [0.25, 0.3) is 0 Å². The van der Waals surface area contributed by atoms with Gasteiger partial charge in [-0.3, -0.25) is 19.6 Å². The summed E-state index contributed by atoms with van der Waals surface area (Å²) in [4.78, 5) is 33.7. The first-order valence-electron chi connectivity index (χ1n) is 10.9. The maximum Gasteiger partial charge on any atom is 0.418 e. The number of aryl methyl sites for hydroxylation is 1. The second-order valence-electron chi connectivity index (χ2n) is 8.60. The fourth-order valence-electron chi connectivity index (χ4n) is 3.65. The lowest BCUT2D eigenvalue weighted by atomic mass is 9.95. The summed E-state index contributed by atoms with van der Waals surface area (Å²) in [6.45, 7) is 1.97. The molecule has 1 saturated carbocycles. The molecule has 6 nitrogen and oxygen atoms in total. The van der Waals surface area contributed by atoms with Crippen molar-refractivity contribution in [3.8, 4) is 0 Å². The second-order valence-corrected chi connectivity index (χ2v) is 9.04. The monoisotopic (exact) mass is 502 g/mol. The maximum absolute atomic E-state index is 13.3. The smallest absolute Gasteiger partial charge is 0.354 e. The number of carbonyl (C=O) groups is 2. The van der Waals surface area contributed by atoms with Crippen molar-refractivity contribution >= 4 is 34.7 Å². The zero-order valence-electron chi connectivity index (χ0n) is 18.7. The van der Waals surface area contributed by atoms with Crippen LogP contribution in [0.25, 0.3) is 0 Å². The molecule has 2 heterocycles. The number of hydrogen-bond acceptors (Lipinski definition) is 5. The highest BCUT2D eigenvalue weighted by atomic mass is 35.5. The average molecular weight is 503 g/mol. The number of rotatable bonds is 8.